The molecule has 1 aromatic rings. The summed E-state index contributed by atoms with van der Waals surface area (Å²) in [5.74, 6) is -0.550. The molecule has 0 N–H and O–H groups in total. The fourth-order valence-electron chi connectivity index (χ4n) is 3.58. The van der Waals surface area contributed by atoms with Gasteiger partial charge in [0.1, 0.15) is 0 Å². The monoisotopic (exact) mass is 327 g/mol. The summed E-state index contributed by atoms with van der Waals surface area (Å²) in [4.78, 5) is 42.5. The maximum Gasteiger partial charge on any atom is 0.261 e. The quantitative estimate of drug-likeness (QED) is 0.774. The van der Waals surface area contributed by atoms with Gasteiger partial charge in [-0.05, 0) is 25.0 Å². The molecule has 126 valence electrons. The van der Waals surface area contributed by atoms with Crippen molar-refractivity contribution in [2.45, 2.75) is 25.3 Å². The molecule has 24 heavy (non-hydrogen) atoms. The molecule has 2 fully saturated rings. The van der Waals surface area contributed by atoms with Gasteiger partial charge >= 0.3 is 0 Å². The SMILES string of the molecule is O=C(CCN1C(=O)c2ccccc2C1=O)N1CCN(C2CC2)CC1. The normalized spacial score (nSPS) is 21.3. The number of benzene rings is 1. The first-order chi connectivity index (χ1) is 11.6. The van der Waals surface area contributed by atoms with Gasteiger partial charge in [-0.2, -0.15) is 0 Å². The lowest BCUT2D eigenvalue weighted by atomic mass is 10.1. The molecule has 2 aliphatic heterocycles. The molecule has 1 aliphatic carbocycles. The van der Waals surface area contributed by atoms with Gasteiger partial charge in [0.15, 0.2) is 0 Å². The number of carbonyl (C=O) groups excluding carboxylic acids is 3. The summed E-state index contributed by atoms with van der Waals surface area (Å²) < 4.78 is 0. The second kappa shape index (κ2) is 6.02. The van der Waals surface area contributed by atoms with Crippen LogP contribution in [0.15, 0.2) is 24.3 Å². The van der Waals surface area contributed by atoms with Gasteiger partial charge in [0.2, 0.25) is 5.91 Å². The van der Waals surface area contributed by atoms with Gasteiger partial charge in [0.05, 0.1) is 11.1 Å². The molecule has 3 aliphatic rings. The summed E-state index contributed by atoms with van der Waals surface area (Å²) in [6.07, 6.45) is 2.77. The molecule has 1 saturated heterocycles. The topological polar surface area (TPSA) is 60.9 Å². The lowest BCUT2D eigenvalue weighted by molar-refractivity contribution is -0.133. The molecule has 1 aromatic carbocycles. The van der Waals surface area contributed by atoms with E-state index in [1.807, 2.05) is 4.90 Å². The molecule has 6 heteroatoms. The van der Waals surface area contributed by atoms with E-state index in [2.05, 4.69) is 4.90 Å². The van der Waals surface area contributed by atoms with Gasteiger partial charge in [0, 0.05) is 45.2 Å². The summed E-state index contributed by atoms with van der Waals surface area (Å²) in [7, 11) is 0. The summed E-state index contributed by atoms with van der Waals surface area (Å²) in [5, 5.41) is 0. The Kier molecular flexibility index (Phi) is 3.84. The Morgan fingerprint density at radius 1 is 0.958 bits per heavy atom. The highest BCUT2D eigenvalue weighted by Crippen LogP contribution is 2.27. The van der Waals surface area contributed by atoms with E-state index < -0.39 is 0 Å². The van der Waals surface area contributed by atoms with Crippen LogP contribution in [-0.2, 0) is 4.79 Å². The van der Waals surface area contributed by atoms with E-state index in [4.69, 9.17) is 0 Å². The van der Waals surface area contributed by atoms with Gasteiger partial charge in [-0.3, -0.25) is 24.2 Å². The third-order valence-electron chi connectivity index (χ3n) is 5.16. The van der Waals surface area contributed by atoms with Gasteiger partial charge in [-0.1, -0.05) is 12.1 Å². The zero-order valence-electron chi connectivity index (χ0n) is 13.6. The molecular formula is C18H21N3O3. The summed E-state index contributed by atoms with van der Waals surface area (Å²) in [6, 6.07) is 7.56. The van der Waals surface area contributed by atoms with Crippen LogP contribution in [0.25, 0.3) is 0 Å². The van der Waals surface area contributed by atoms with Gasteiger partial charge < -0.3 is 4.90 Å². The Bertz CT molecular complexity index is 656. The van der Waals surface area contributed by atoms with Gasteiger partial charge in [0.25, 0.3) is 11.8 Å². The predicted octanol–water partition coefficient (Wildman–Crippen LogP) is 0.979. The van der Waals surface area contributed by atoms with Crippen molar-refractivity contribution in [3.8, 4) is 0 Å². The number of imide groups is 1. The summed E-state index contributed by atoms with van der Waals surface area (Å²) in [6.45, 7) is 3.52. The average Bonchev–Trinajstić information content (AvgIpc) is 3.43. The summed E-state index contributed by atoms with van der Waals surface area (Å²) >= 11 is 0. The Morgan fingerprint density at radius 3 is 2.08 bits per heavy atom. The molecule has 4 rings (SSSR count). The van der Waals surface area contributed by atoms with Crippen LogP contribution in [0.5, 0.6) is 0 Å². The van der Waals surface area contributed by atoms with Gasteiger partial charge in [-0.15, -0.1) is 0 Å². The highest BCUT2D eigenvalue weighted by molar-refractivity contribution is 6.21. The minimum Gasteiger partial charge on any atom is -0.340 e. The lowest BCUT2D eigenvalue weighted by Gasteiger charge is -2.35. The molecule has 6 nitrogen and oxygen atoms in total. The Hall–Kier alpha value is -2.21. The number of hydrogen-bond acceptors (Lipinski definition) is 4. The highest BCUT2D eigenvalue weighted by atomic mass is 16.2. The molecule has 0 atom stereocenters. The maximum absolute atomic E-state index is 12.4. The van der Waals surface area contributed by atoms with Crippen molar-refractivity contribution in [3.05, 3.63) is 35.4 Å². The van der Waals surface area contributed by atoms with Crippen molar-refractivity contribution in [1.29, 1.82) is 0 Å². The molecule has 0 bridgehead atoms. The van der Waals surface area contributed by atoms with E-state index >= 15 is 0 Å². The van der Waals surface area contributed by atoms with E-state index in [1.165, 1.54) is 17.7 Å². The number of fused-ring (bicyclic) bond motifs is 1. The van der Waals surface area contributed by atoms with Crippen molar-refractivity contribution in [2.75, 3.05) is 32.7 Å². The maximum atomic E-state index is 12.4. The minimum atomic E-state index is -0.290. The smallest absolute Gasteiger partial charge is 0.261 e. The molecule has 2 heterocycles. The van der Waals surface area contributed by atoms with Crippen molar-refractivity contribution >= 4 is 17.7 Å². The van der Waals surface area contributed by atoms with Crippen molar-refractivity contribution in [1.82, 2.24) is 14.7 Å². The zero-order chi connectivity index (χ0) is 16.7. The minimum absolute atomic E-state index is 0.0296. The van der Waals surface area contributed by atoms with Crippen LogP contribution in [0.3, 0.4) is 0 Å². The van der Waals surface area contributed by atoms with Crippen LogP contribution in [0.2, 0.25) is 0 Å². The molecule has 3 amide bonds. The molecule has 0 unspecified atom stereocenters. The van der Waals surface area contributed by atoms with Crippen molar-refractivity contribution in [3.63, 3.8) is 0 Å². The molecule has 0 radical (unpaired) electrons. The van der Waals surface area contributed by atoms with E-state index in [0.29, 0.717) is 11.1 Å². The first-order valence-corrected chi connectivity index (χ1v) is 8.62. The average molecular weight is 327 g/mol. The number of hydrogen-bond donors (Lipinski definition) is 0. The Morgan fingerprint density at radius 2 is 1.54 bits per heavy atom. The molecule has 0 aromatic heterocycles. The van der Waals surface area contributed by atoms with Crippen LogP contribution >= 0.6 is 0 Å². The van der Waals surface area contributed by atoms with E-state index in [9.17, 15) is 14.4 Å². The van der Waals surface area contributed by atoms with E-state index in [-0.39, 0.29) is 30.7 Å². The molecular weight excluding hydrogens is 306 g/mol. The lowest BCUT2D eigenvalue weighted by Crippen LogP contribution is -2.49. The van der Waals surface area contributed by atoms with Crippen LogP contribution in [0.4, 0.5) is 0 Å². The van der Waals surface area contributed by atoms with Crippen LogP contribution in [0.1, 0.15) is 40.0 Å². The summed E-state index contributed by atoms with van der Waals surface area (Å²) in [5.41, 5.74) is 0.876. The third kappa shape index (κ3) is 2.71. The second-order valence-corrected chi connectivity index (χ2v) is 6.71. The standard InChI is InChI=1S/C18H21N3O3/c22-16(20-11-9-19(10-12-20)13-5-6-13)7-8-21-17(23)14-3-1-2-4-15(14)18(21)24/h1-4,13H,5-12H2. The van der Waals surface area contributed by atoms with Crippen molar-refractivity contribution < 1.29 is 14.4 Å². The van der Waals surface area contributed by atoms with E-state index in [1.54, 1.807) is 24.3 Å². The van der Waals surface area contributed by atoms with Crippen molar-refractivity contribution in [2.24, 2.45) is 0 Å². The fraction of sp³-hybridized carbons (Fsp3) is 0.500. The van der Waals surface area contributed by atoms with E-state index in [0.717, 1.165) is 32.2 Å². The zero-order valence-corrected chi connectivity index (χ0v) is 13.6. The first-order valence-electron chi connectivity index (χ1n) is 8.62. The third-order valence-corrected chi connectivity index (χ3v) is 5.16. The van der Waals surface area contributed by atoms with Crippen LogP contribution in [0, 0.1) is 0 Å². The molecule has 1 saturated carbocycles. The molecule has 0 spiro atoms. The highest BCUT2D eigenvalue weighted by Gasteiger charge is 2.36. The number of piperazine rings is 1. The Labute approximate surface area is 141 Å². The van der Waals surface area contributed by atoms with Gasteiger partial charge in [-0.25, -0.2) is 0 Å². The predicted molar refractivity (Wildman–Crippen MR) is 87.6 cm³/mol. The largest absolute Gasteiger partial charge is 0.340 e. The fourth-order valence-corrected chi connectivity index (χ4v) is 3.58. The number of carbonyl (C=O) groups is 3. The van der Waals surface area contributed by atoms with Crippen LogP contribution in [-0.4, -0.2) is 71.2 Å². The van der Waals surface area contributed by atoms with Crippen LogP contribution < -0.4 is 0 Å². The number of rotatable bonds is 4. The second-order valence-electron chi connectivity index (χ2n) is 6.71. The number of amides is 3. The first kappa shape index (κ1) is 15.3. The Balaban J connectivity index is 1.32. The number of nitrogens with zero attached hydrogens (tertiary/aromatic N) is 3.